The number of benzene rings is 2. The maximum atomic E-state index is 11.2. The molecule has 4 heterocycles. The zero-order valence-corrected chi connectivity index (χ0v) is 34.3. The third-order valence-electron chi connectivity index (χ3n) is 12.2. The van der Waals surface area contributed by atoms with Crippen LogP contribution < -0.4 is 4.57 Å². The molecule has 286 valence electrons. The number of hydrogen-bond acceptors (Lipinski definition) is 3. The highest BCUT2D eigenvalue weighted by atomic mass is 35.5. The van der Waals surface area contributed by atoms with Crippen LogP contribution in [0.1, 0.15) is 102 Å². The molecule has 1 atom stereocenters. The van der Waals surface area contributed by atoms with E-state index in [0.717, 1.165) is 66.6 Å². The van der Waals surface area contributed by atoms with Crippen molar-refractivity contribution in [2.24, 2.45) is 10.4 Å². The Morgan fingerprint density at radius 2 is 1.75 bits per heavy atom. The predicted molar refractivity (Wildman–Crippen MR) is 228 cm³/mol. The Labute approximate surface area is 332 Å². The highest BCUT2D eigenvalue weighted by Gasteiger charge is 2.53. The highest BCUT2D eigenvalue weighted by molar-refractivity contribution is 6.32. The van der Waals surface area contributed by atoms with Gasteiger partial charge in [-0.25, -0.2) is 0 Å². The number of carboxylic acid groups (broad SMARTS) is 1. The van der Waals surface area contributed by atoms with Gasteiger partial charge in [-0.05, 0) is 98.4 Å². The van der Waals surface area contributed by atoms with Crippen molar-refractivity contribution >= 4 is 51.7 Å². The molecule has 1 unspecified atom stereocenters. The van der Waals surface area contributed by atoms with Gasteiger partial charge >= 0.3 is 5.97 Å². The number of halogens is 1. The van der Waals surface area contributed by atoms with E-state index < -0.39 is 5.97 Å². The lowest BCUT2D eigenvalue weighted by Gasteiger charge is -2.28. The molecule has 1 N–H and O–H groups in total. The van der Waals surface area contributed by atoms with Crippen LogP contribution >= 0.6 is 11.6 Å². The average Bonchev–Trinajstić information content (AvgIpc) is 3.55. The third kappa shape index (κ3) is 7.60. The van der Waals surface area contributed by atoms with Gasteiger partial charge < -0.3 is 5.11 Å². The van der Waals surface area contributed by atoms with Crippen LogP contribution in [-0.4, -0.2) is 58.7 Å². The van der Waals surface area contributed by atoms with Gasteiger partial charge in [-0.1, -0.05) is 69.1 Å². The fourth-order valence-electron chi connectivity index (χ4n) is 9.20. The summed E-state index contributed by atoms with van der Waals surface area (Å²) in [6.07, 6.45) is 22.0. The Morgan fingerprint density at radius 1 is 0.945 bits per heavy atom. The number of nitrogens with zero attached hydrogens (tertiary/aromatic N) is 4. The van der Waals surface area contributed by atoms with Gasteiger partial charge in [0.2, 0.25) is 5.52 Å². The van der Waals surface area contributed by atoms with Crippen molar-refractivity contribution in [3.05, 3.63) is 124 Å². The van der Waals surface area contributed by atoms with Gasteiger partial charge in [-0.3, -0.25) is 14.7 Å². The van der Waals surface area contributed by atoms with E-state index in [2.05, 4.69) is 147 Å². The number of aliphatic carboxylic acids is 1. The quantitative estimate of drug-likeness (QED) is 0.140. The van der Waals surface area contributed by atoms with Gasteiger partial charge in [0.05, 0.1) is 28.1 Å². The fraction of sp³-hybridized carbons (Fsp3) is 0.417. The number of pyridine rings is 1. The molecule has 0 radical (unpaired) electrons. The van der Waals surface area contributed by atoms with Gasteiger partial charge in [0, 0.05) is 67.1 Å². The minimum absolute atomic E-state index is 0.159. The van der Waals surface area contributed by atoms with E-state index in [0.29, 0.717) is 6.42 Å². The second-order valence-corrected chi connectivity index (χ2v) is 17.3. The van der Waals surface area contributed by atoms with Gasteiger partial charge in [-0.15, -0.1) is 0 Å². The SMILES string of the molecule is CCCCC[n+]1cccc2c3c(ccc21)C(C)(C)C(/C=C/C1=C(Cl)C(=C/C=C2/[N+](CCCCCC(=O)O)=C4C=Cc5ccccc5C4C2(C)C)/CN(C)C1)=N3. The third-order valence-corrected chi connectivity index (χ3v) is 12.7. The molecule has 2 aromatic carbocycles. The Bertz CT molecular complexity index is 2230. The van der Waals surface area contributed by atoms with E-state index in [9.17, 15) is 9.90 Å². The van der Waals surface area contributed by atoms with Crippen LogP contribution in [0, 0.1) is 5.41 Å². The second kappa shape index (κ2) is 16.0. The first kappa shape index (κ1) is 38.9. The number of fused-ring (bicyclic) bond motifs is 6. The predicted octanol–water partition coefficient (Wildman–Crippen LogP) is 10.4. The second-order valence-electron chi connectivity index (χ2n) is 16.9. The molecule has 4 aliphatic rings. The van der Waals surface area contributed by atoms with Gasteiger partial charge in [0.1, 0.15) is 13.1 Å². The van der Waals surface area contributed by atoms with E-state index in [1.807, 2.05) is 0 Å². The van der Waals surface area contributed by atoms with Crippen LogP contribution in [-0.2, 0) is 16.8 Å². The number of rotatable bonds is 13. The van der Waals surface area contributed by atoms with Crippen LogP contribution in [0.15, 0.2) is 112 Å². The van der Waals surface area contributed by atoms with Crippen LogP contribution in [0.4, 0.5) is 5.69 Å². The van der Waals surface area contributed by atoms with E-state index >= 15 is 0 Å². The number of carbonyl (C=O) groups is 1. The van der Waals surface area contributed by atoms with Crippen LogP contribution in [0.3, 0.4) is 0 Å². The summed E-state index contributed by atoms with van der Waals surface area (Å²) in [6, 6.07) is 17.7. The molecule has 0 saturated heterocycles. The van der Waals surface area contributed by atoms with Crippen molar-refractivity contribution in [3.8, 4) is 0 Å². The number of aromatic nitrogens is 1. The number of likely N-dealkylation sites (N-methyl/N-ethyl adjacent to an activating group) is 1. The zero-order valence-electron chi connectivity index (χ0n) is 33.5. The molecule has 3 aliphatic heterocycles. The van der Waals surface area contributed by atoms with Gasteiger partial charge in [-0.2, -0.15) is 9.14 Å². The zero-order chi connectivity index (χ0) is 38.9. The first-order valence-electron chi connectivity index (χ1n) is 20.3. The largest absolute Gasteiger partial charge is 0.481 e. The summed E-state index contributed by atoms with van der Waals surface area (Å²) < 4.78 is 4.87. The van der Waals surface area contributed by atoms with Crippen LogP contribution in [0.5, 0.6) is 0 Å². The summed E-state index contributed by atoms with van der Waals surface area (Å²) in [5.41, 5.74) is 11.7. The molecule has 55 heavy (non-hydrogen) atoms. The molecule has 7 heteroatoms. The summed E-state index contributed by atoms with van der Waals surface area (Å²) >= 11 is 7.32. The molecule has 6 nitrogen and oxygen atoms in total. The number of carboxylic acids is 1. The summed E-state index contributed by atoms with van der Waals surface area (Å²) in [4.78, 5) is 18.8. The number of allylic oxidation sites excluding steroid dienone is 5. The Morgan fingerprint density at radius 3 is 2.55 bits per heavy atom. The Kier molecular flexibility index (Phi) is 11.3. The summed E-state index contributed by atoms with van der Waals surface area (Å²) in [7, 11) is 2.15. The van der Waals surface area contributed by atoms with E-state index in [-0.39, 0.29) is 23.2 Å². The molecule has 1 aromatic heterocycles. The van der Waals surface area contributed by atoms with Crippen molar-refractivity contribution < 1.29 is 19.0 Å². The van der Waals surface area contributed by atoms with Crippen LogP contribution in [0.25, 0.3) is 17.0 Å². The minimum Gasteiger partial charge on any atom is -0.481 e. The van der Waals surface area contributed by atoms with E-state index in [1.165, 1.54) is 58.3 Å². The monoisotopic (exact) mass is 756 g/mol. The molecule has 0 bridgehead atoms. The van der Waals surface area contributed by atoms with Crippen molar-refractivity contribution in [1.82, 2.24) is 4.90 Å². The lowest BCUT2D eigenvalue weighted by molar-refractivity contribution is -0.671. The summed E-state index contributed by atoms with van der Waals surface area (Å²) in [5.74, 6) is -0.490. The van der Waals surface area contributed by atoms with E-state index in [4.69, 9.17) is 16.6 Å². The van der Waals surface area contributed by atoms with Crippen molar-refractivity contribution in [1.29, 1.82) is 0 Å². The first-order valence-corrected chi connectivity index (χ1v) is 20.6. The number of aryl methyl sites for hydroxylation is 1. The Hall–Kier alpha value is -4.39. The minimum atomic E-state index is -0.725. The van der Waals surface area contributed by atoms with Gasteiger partial charge in [0.15, 0.2) is 17.6 Å². The topological polar surface area (TPSA) is 59.8 Å². The van der Waals surface area contributed by atoms with E-state index in [1.54, 1.807) is 0 Å². The maximum absolute atomic E-state index is 11.2. The average molecular weight is 757 g/mol. The number of hydrogen-bond donors (Lipinski definition) is 1. The fourth-order valence-corrected chi connectivity index (χ4v) is 9.44. The van der Waals surface area contributed by atoms with Gasteiger partial charge in [0.25, 0.3) is 0 Å². The normalized spacial score (nSPS) is 21.6. The molecule has 0 saturated carbocycles. The number of unbranched alkanes of at least 4 members (excludes halogenated alkanes) is 4. The van der Waals surface area contributed by atoms with Crippen molar-refractivity contribution in [2.45, 2.75) is 97.4 Å². The highest BCUT2D eigenvalue weighted by Crippen LogP contribution is 2.51. The molecule has 0 fully saturated rings. The smallest absolute Gasteiger partial charge is 0.303 e. The lowest BCUT2D eigenvalue weighted by atomic mass is 9.70. The molecule has 1 aliphatic carbocycles. The maximum Gasteiger partial charge on any atom is 0.303 e. The summed E-state index contributed by atoms with van der Waals surface area (Å²) in [6.45, 7) is 14.9. The molecule has 3 aromatic rings. The Balaban J connectivity index is 1.20. The van der Waals surface area contributed by atoms with Crippen molar-refractivity contribution in [2.75, 3.05) is 26.7 Å². The molecule has 0 spiro atoms. The lowest BCUT2D eigenvalue weighted by Crippen LogP contribution is -2.34. The van der Waals surface area contributed by atoms with Crippen molar-refractivity contribution in [3.63, 3.8) is 0 Å². The standard InChI is InChI=1S/C48H56ClN4O2/c1-7-8-13-28-52-29-15-18-37-39(52)25-23-38-46(37)50-41(47(38,2)3)26-21-34-31-51(6)32-35(45(34)49)22-27-42-48(4,5)44-36-17-12-11-16-33(36)20-24-40(44)53(42)30-14-9-10-19-43(54)55/h11-12,15-18,20-27,29,44H,7-10,13-14,19,28,30-32H2,1-6H3/q+1/p+1/b26-21+,35-22+,42-27+. The van der Waals surface area contributed by atoms with Crippen LogP contribution in [0.2, 0.25) is 0 Å². The first-order chi connectivity index (χ1) is 26.4. The summed E-state index contributed by atoms with van der Waals surface area (Å²) in [5, 5.41) is 11.2. The molecular weight excluding hydrogens is 700 g/mol. The molecular formula is C48H57ClN4O2+2. The molecule has 0 amide bonds. The number of aliphatic imine (C=N–C) groups is 1. The molecule has 7 rings (SSSR count).